The van der Waals surface area contributed by atoms with Crippen molar-refractivity contribution in [1.82, 2.24) is 14.5 Å². The normalized spacial score (nSPS) is 16.4. The second kappa shape index (κ2) is 10.7. The topological polar surface area (TPSA) is 107 Å². The zero-order valence-electron chi connectivity index (χ0n) is 17.1. The molecule has 0 aliphatic carbocycles. The van der Waals surface area contributed by atoms with Crippen LogP contribution in [0.5, 0.6) is 0 Å². The number of carbonyl (C=O) groups excluding carboxylic acids is 2. The van der Waals surface area contributed by atoms with E-state index in [0.717, 1.165) is 12.0 Å². The minimum Gasteiger partial charge on any atom is -0.391 e. The summed E-state index contributed by atoms with van der Waals surface area (Å²) in [5.41, 5.74) is 0.989. The number of benzene rings is 1. The molecule has 2 N–H and O–H groups in total. The van der Waals surface area contributed by atoms with E-state index in [0.29, 0.717) is 19.5 Å². The van der Waals surface area contributed by atoms with Gasteiger partial charge in [0.2, 0.25) is 21.8 Å². The van der Waals surface area contributed by atoms with Crippen molar-refractivity contribution in [2.24, 2.45) is 0 Å². The van der Waals surface area contributed by atoms with Crippen molar-refractivity contribution in [3.05, 3.63) is 29.8 Å². The molecule has 1 saturated heterocycles. The molecule has 0 saturated carbocycles. The van der Waals surface area contributed by atoms with Crippen LogP contribution in [0.15, 0.2) is 29.2 Å². The van der Waals surface area contributed by atoms with Gasteiger partial charge in [0.1, 0.15) is 0 Å². The third-order valence-electron chi connectivity index (χ3n) is 4.97. The Morgan fingerprint density at radius 1 is 1.10 bits per heavy atom. The lowest BCUT2D eigenvalue weighted by Gasteiger charge is -2.34. The number of rotatable bonds is 9. The second-order valence-electron chi connectivity index (χ2n) is 7.34. The van der Waals surface area contributed by atoms with E-state index in [-0.39, 0.29) is 49.2 Å². The number of carbonyl (C=O) groups is 2. The number of hydrogen-bond donors (Lipinski definition) is 2. The fourth-order valence-electron chi connectivity index (χ4n) is 3.17. The first-order valence-corrected chi connectivity index (χ1v) is 11.5. The Labute approximate surface area is 172 Å². The highest BCUT2D eigenvalue weighted by Gasteiger charge is 2.30. The molecule has 1 aromatic carbocycles. The number of piperazine rings is 1. The molecule has 1 aliphatic rings. The molecule has 29 heavy (non-hydrogen) atoms. The Balaban J connectivity index is 1.77. The Kier molecular flexibility index (Phi) is 8.60. The molecule has 1 fully saturated rings. The molecule has 0 unspecified atom stereocenters. The number of hydrogen-bond acceptors (Lipinski definition) is 5. The van der Waals surface area contributed by atoms with Crippen LogP contribution in [0.4, 0.5) is 0 Å². The monoisotopic (exact) mass is 425 g/mol. The number of aryl methyl sites for hydroxylation is 1. The van der Waals surface area contributed by atoms with Crippen LogP contribution in [-0.4, -0.2) is 73.4 Å². The zero-order chi connectivity index (χ0) is 21.4. The van der Waals surface area contributed by atoms with Crippen LogP contribution in [0.2, 0.25) is 0 Å². The van der Waals surface area contributed by atoms with Gasteiger partial charge in [0.15, 0.2) is 0 Å². The van der Waals surface area contributed by atoms with Crippen LogP contribution >= 0.6 is 0 Å². The van der Waals surface area contributed by atoms with Crippen LogP contribution in [0.1, 0.15) is 38.2 Å². The highest BCUT2D eigenvalue weighted by atomic mass is 32.2. The molecule has 1 aliphatic heterocycles. The highest BCUT2D eigenvalue weighted by Crippen LogP contribution is 2.18. The molecular formula is C20H31N3O5S. The Hall–Kier alpha value is -1.97. The molecule has 1 atom stereocenters. The maximum atomic E-state index is 12.7. The fourth-order valence-corrected chi connectivity index (χ4v) is 4.59. The van der Waals surface area contributed by atoms with Gasteiger partial charge in [-0.05, 0) is 25.5 Å². The van der Waals surface area contributed by atoms with Crippen LogP contribution in [-0.2, 0) is 19.6 Å². The fraction of sp³-hybridized carbons (Fsp3) is 0.600. The third kappa shape index (κ3) is 6.80. The van der Waals surface area contributed by atoms with Crippen LogP contribution in [0.3, 0.4) is 0 Å². The average Bonchev–Trinajstić information content (AvgIpc) is 2.71. The van der Waals surface area contributed by atoms with Crippen molar-refractivity contribution in [2.45, 2.75) is 50.5 Å². The minimum atomic E-state index is -3.57. The first-order valence-electron chi connectivity index (χ1n) is 10.0. The number of amides is 2. The van der Waals surface area contributed by atoms with Crippen LogP contribution in [0.25, 0.3) is 0 Å². The Bertz CT molecular complexity index is 787. The van der Waals surface area contributed by atoms with Crippen molar-refractivity contribution in [3.8, 4) is 0 Å². The number of sulfonamides is 1. The predicted octanol–water partition coefficient (Wildman–Crippen LogP) is 0.885. The van der Waals surface area contributed by atoms with E-state index in [1.807, 2.05) is 13.8 Å². The lowest BCUT2D eigenvalue weighted by atomic mass is 10.2. The second-order valence-corrected chi connectivity index (χ2v) is 9.28. The van der Waals surface area contributed by atoms with Crippen LogP contribution in [0, 0.1) is 6.92 Å². The van der Waals surface area contributed by atoms with E-state index in [4.69, 9.17) is 0 Å². The average molecular weight is 426 g/mol. The first kappa shape index (κ1) is 23.3. The van der Waals surface area contributed by atoms with Crippen LogP contribution < -0.4 is 5.32 Å². The van der Waals surface area contributed by atoms with E-state index in [1.54, 1.807) is 29.2 Å². The van der Waals surface area contributed by atoms with Gasteiger partial charge in [-0.25, -0.2) is 8.42 Å². The first-order chi connectivity index (χ1) is 13.7. The standard InChI is InChI=1S/C20H31N3O5S/c1-3-4-17(24)15-21-19(25)9-10-20(26)22-11-13-23(14-12-22)29(27,28)18-7-5-16(2)6-8-18/h5-8,17,24H,3-4,9-15H2,1-2H3,(H,21,25)/t17-/m1/s1. The number of aliphatic hydroxyl groups is 1. The minimum absolute atomic E-state index is 0.0551. The Morgan fingerprint density at radius 2 is 1.72 bits per heavy atom. The van der Waals surface area contributed by atoms with E-state index < -0.39 is 16.1 Å². The molecular weight excluding hydrogens is 394 g/mol. The van der Waals surface area contributed by atoms with Gasteiger partial charge in [-0.1, -0.05) is 31.0 Å². The maximum absolute atomic E-state index is 12.7. The Morgan fingerprint density at radius 3 is 2.31 bits per heavy atom. The van der Waals surface area contributed by atoms with Gasteiger partial charge >= 0.3 is 0 Å². The molecule has 0 radical (unpaired) electrons. The highest BCUT2D eigenvalue weighted by molar-refractivity contribution is 7.89. The number of nitrogens with zero attached hydrogens (tertiary/aromatic N) is 2. The summed E-state index contributed by atoms with van der Waals surface area (Å²) in [5, 5.41) is 12.2. The maximum Gasteiger partial charge on any atom is 0.243 e. The molecule has 0 bridgehead atoms. The van der Waals surface area contributed by atoms with Gasteiger partial charge in [-0.15, -0.1) is 0 Å². The van der Waals surface area contributed by atoms with Crippen molar-refractivity contribution in [1.29, 1.82) is 0 Å². The van der Waals surface area contributed by atoms with Gasteiger partial charge in [0, 0.05) is 45.6 Å². The third-order valence-corrected chi connectivity index (χ3v) is 6.89. The molecule has 0 spiro atoms. The van der Waals surface area contributed by atoms with Crippen molar-refractivity contribution >= 4 is 21.8 Å². The molecule has 1 aromatic rings. The quantitative estimate of drug-likeness (QED) is 0.611. The lowest BCUT2D eigenvalue weighted by molar-refractivity contribution is -0.134. The summed E-state index contributed by atoms with van der Waals surface area (Å²) in [5.74, 6) is -0.435. The van der Waals surface area contributed by atoms with E-state index >= 15 is 0 Å². The number of aliphatic hydroxyl groups excluding tert-OH is 1. The summed E-state index contributed by atoms with van der Waals surface area (Å²) in [6, 6.07) is 6.72. The van der Waals surface area contributed by atoms with Gasteiger partial charge in [-0.3, -0.25) is 9.59 Å². The molecule has 9 heteroatoms. The molecule has 0 aromatic heterocycles. The summed E-state index contributed by atoms with van der Waals surface area (Å²) >= 11 is 0. The summed E-state index contributed by atoms with van der Waals surface area (Å²) in [7, 11) is -3.57. The largest absolute Gasteiger partial charge is 0.391 e. The van der Waals surface area contributed by atoms with E-state index in [1.165, 1.54) is 4.31 Å². The van der Waals surface area contributed by atoms with E-state index in [2.05, 4.69) is 5.32 Å². The summed E-state index contributed by atoms with van der Waals surface area (Å²) in [6.45, 7) is 5.12. The molecule has 1 heterocycles. The van der Waals surface area contributed by atoms with Gasteiger partial charge in [0.05, 0.1) is 11.0 Å². The lowest BCUT2D eigenvalue weighted by Crippen LogP contribution is -2.50. The summed E-state index contributed by atoms with van der Waals surface area (Å²) in [4.78, 5) is 26.0. The smallest absolute Gasteiger partial charge is 0.243 e. The molecule has 2 rings (SSSR count). The number of nitrogens with one attached hydrogen (secondary N) is 1. The molecule has 162 valence electrons. The molecule has 8 nitrogen and oxygen atoms in total. The van der Waals surface area contributed by atoms with Gasteiger partial charge in [0.25, 0.3) is 0 Å². The predicted molar refractivity (Wildman–Crippen MR) is 110 cm³/mol. The summed E-state index contributed by atoms with van der Waals surface area (Å²) < 4.78 is 26.8. The molecule has 2 amide bonds. The van der Waals surface area contributed by atoms with Crippen molar-refractivity contribution in [3.63, 3.8) is 0 Å². The van der Waals surface area contributed by atoms with Crippen molar-refractivity contribution in [2.75, 3.05) is 32.7 Å². The SMILES string of the molecule is CCC[C@@H](O)CNC(=O)CCC(=O)N1CCN(S(=O)(=O)c2ccc(C)cc2)CC1. The zero-order valence-corrected chi connectivity index (χ0v) is 18.0. The van der Waals surface area contributed by atoms with Crippen molar-refractivity contribution < 1.29 is 23.1 Å². The van der Waals surface area contributed by atoms with E-state index in [9.17, 15) is 23.1 Å². The van der Waals surface area contributed by atoms with Gasteiger partial charge < -0.3 is 15.3 Å². The van der Waals surface area contributed by atoms with Gasteiger partial charge in [-0.2, -0.15) is 4.31 Å². The summed E-state index contributed by atoms with van der Waals surface area (Å²) in [6.07, 6.45) is 1.01.